The Morgan fingerprint density at radius 3 is 2.84 bits per heavy atom. The summed E-state index contributed by atoms with van der Waals surface area (Å²) in [6.45, 7) is 4.72. The van der Waals surface area contributed by atoms with E-state index in [-0.39, 0.29) is 18.0 Å². The van der Waals surface area contributed by atoms with Crippen LogP contribution in [0.25, 0.3) is 0 Å². The number of carbonyl (C=O) groups is 1. The zero-order valence-electron chi connectivity index (χ0n) is 14.0. The van der Waals surface area contributed by atoms with Crippen LogP contribution in [0.4, 0.5) is 5.69 Å². The quantitative estimate of drug-likeness (QED) is 0.368. The van der Waals surface area contributed by atoms with Crippen LogP contribution in [0.2, 0.25) is 0 Å². The second kappa shape index (κ2) is 7.02. The number of aromatic nitrogens is 3. The van der Waals surface area contributed by atoms with Crippen molar-refractivity contribution in [1.29, 1.82) is 0 Å². The third-order valence-electron chi connectivity index (χ3n) is 4.17. The molecular weight excluding hydrogens is 340 g/mol. The first-order valence-electron chi connectivity index (χ1n) is 7.85. The minimum absolute atomic E-state index is 0.0109. The zero-order valence-corrected chi connectivity index (χ0v) is 14.8. The molecule has 130 valence electrons. The lowest BCUT2D eigenvalue weighted by molar-refractivity contribution is -0.385. The topological polar surface area (TPSA) is 83.0 Å². The van der Waals surface area contributed by atoms with E-state index in [0.717, 1.165) is 30.6 Å². The van der Waals surface area contributed by atoms with Crippen molar-refractivity contribution in [3.8, 4) is 0 Å². The number of aryl methyl sites for hydroxylation is 2. The van der Waals surface area contributed by atoms with Crippen molar-refractivity contribution in [2.45, 2.75) is 33.4 Å². The Labute approximate surface area is 148 Å². The largest absolute Gasteiger partial charge is 0.348 e. The van der Waals surface area contributed by atoms with Gasteiger partial charge in [0.2, 0.25) is 0 Å². The maximum Gasteiger partial charge on any atom is 0.307 e. The molecule has 0 aromatic carbocycles. The van der Waals surface area contributed by atoms with Gasteiger partial charge >= 0.3 is 5.69 Å². The van der Waals surface area contributed by atoms with Gasteiger partial charge in [0.15, 0.2) is 5.78 Å². The van der Waals surface area contributed by atoms with Crippen molar-refractivity contribution < 1.29 is 9.72 Å². The molecule has 0 saturated carbocycles. The minimum Gasteiger partial charge on any atom is -0.348 e. The van der Waals surface area contributed by atoms with Gasteiger partial charge in [-0.25, -0.2) is 0 Å². The van der Waals surface area contributed by atoms with Crippen LogP contribution >= 0.6 is 11.3 Å². The van der Waals surface area contributed by atoms with Crippen LogP contribution in [-0.4, -0.2) is 25.1 Å². The monoisotopic (exact) mass is 358 g/mol. The van der Waals surface area contributed by atoms with Crippen molar-refractivity contribution in [3.63, 3.8) is 0 Å². The second-order valence-electron chi connectivity index (χ2n) is 5.84. The highest BCUT2D eigenvalue weighted by Gasteiger charge is 2.18. The van der Waals surface area contributed by atoms with Crippen molar-refractivity contribution in [2.24, 2.45) is 0 Å². The van der Waals surface area contributed by atoms with Crippen molar-refractivity contribution in [2.75, 3.05) is 0 Å². The standard InChI is InChI=1S/C17H18N4O3S/c1-12-8-16(13(2)20(12)6-5-15-4-3-7-25-15)17(22)11-19-10-14(9-18-19)21(23)24/h3-4,7-10H,5-6,11H2,1-2H3. The second-order valence-corrected chi connectivity index (χ2v) is 6.87. The third kappa shape index (κ3) is 3.69. The molecule has 3 aromatic rings. The van der Waals surface area contributed by atoms with E-state index in [4.69, 9.17) is 0 Å². The Bertz CT molecular complexity index is 909. The number of thiophene rings is 1. The van der Waals surface area contributed by atoms with Crippen LogP contribution in [0.1, 0.15) is 26.6 Å². The lowest BCUT2D eigenvalue weighted by atomic mass is 10.1. The summed E-state index contributed by atoms with van der Waals surface area (Å²) < 4.78 is 3.44. The van der Waals surface area contributed by atoms with E-state index in [1.807, 2.05) is 26.0 Å². The molecule has 0 bridgehead atoms. The van der Waals surface area contributed by atoms with E-state index in [2.05, 4.69) is 21.1 Å². The Hall–Kier alpha value is -2.74. The van der Waals surface area contributed by atoms with Crippen LogP contribution in [0.3, 0.4) is 0 Å². The number of rotatable bonds is 7. The molecule has 3 aromatic heterocycles. The first-order chi connectivity index (χ1) is 12.0. The molecule has 0 aliphatic carbocycles. The molecule has 0 N–H and O–H groups in total. The first kappa shape index (κ1) is 17.1. The SMILES string of the molecule is Cc1cc(C(=O)Cn2cc([N+](=O)[O-])cn2)c(C)n1CCc1cccs1. The molecule has 3 rings (SSSR count). The predicted molar refractivity (Wildman–Crippen MR) is 95.1 cm³/mol. The average molecular weight is 358 g/mol. The average Bonchev–Trinajstić information content (AvgIpc) is 3.28. The maximum atomic E-state index is 12.6. The molecule has 0 saturated heterocycles. The summed E-state index contributed by atoms with van der Waals surface area (Å²) in [4.78, 5) is 24.1. The highest BCUT2D eigenvalue weighted by Crippen LogP contribution is 2.19. The van der Waals surface area contributed by atoms with E-state index < -0.39 is 4.92 Å². The number of nitro groups is 1. The summed E-state index contributed by atoms with van der Waals surface area (Å²) in [6, 6.07) is 6.02. The maximum absolute atomic E-state index is 12.6. The molecule has 0 fully saturated rings. The van der Waals surface area contributed by atoms with E-state index in [0.29, 0.717) is 5.56 Å². The highest BCUT2D eigenvalue weighted by atomic mass is 32.1. The molecule has 0 radical (unpaired) electrons. The number of nitrogens with zero attached hydrogens (tertiary/aromatic N) is 4. The molecule has 0 amide bonds. The van der Waals surface area contributed by atoms with Crippen LogP contribution in [0, 0.1) is 24.0 Å². The Morgan fingerprint density at radius 2 is 2.20 bits per heavy atom. The molecule has 25 heavy (non-hydrogen) atoms. The molecule has 0 spiro atoms. The van der Waals surface area contributed by atoms with Gasteiger partial charge in [-0.05, 0) is 37.8 Å². The molecule has 0 unspecified atom stereocenters. The van der Waals surface area contributed by atoms with Gasteiger partial charge < -0.3 is 4.57 Å². The van der Waals surface area contributed by atoms with Crippen molar-refractivity contribution in [1.82, 2.24) is 14.3 Å². The first-order valence-corrected chi connectivity index (χ1v) is 8.73. The summed E-state index contributed by atoms with van der Waals surface area (Å²) in [5.41, 5.74) is 2.47. The molecular formula is C17H18N4O3S. The molecule has 3 heterocycles. The summed E-state index contributed by atoms with van der Waals surface area (Å²) in [6.07, 6.45) is 3.35. The predicted octanol–water partition coefficient (Wildman–Crippen LogP) is 3.40. The molecule has 0 atom stereocenters. The van der Waals surface area contributed by atoms with Gasteiger partial charge in [0.05, 0.1) is 4.92 Å². The third-order valence-corrected chi connectivity index (χ3v) is 5.11. The molecule has 7 nitrogen and oxygen atoms in total. The van der Waals surface area contributed by atoms with Gasteiger partial charge in [0, 0.05) is 28.4 Å². The van der Waals surface area contributed by atoms with Crippen molar-refractivity contribution in [3.05, 3.63) is 67.9 Å². The highest BCUT2D eigenvalue weighted by molar-refractivity contribution is 7.09. The van der Waals surface area contributed by atoms with Gasteiger partial charge in [0.25, 0.3) is 0 Å². The van der Waals surface area contributed by atoms with Gasteiger partial charge in [0.1, 0.15) is 18.9 Å². The fraction of sp³-hybridized carbons (Fsp3) is 0.294. The van der Waals surface area contributed by atoms with E-state index >= 15 is 0 Å². The lowest BCUT2D eigenvalue weighted by Crippen LogP contribution is -2.12. The van der Waals surface area contributed by atoms with Gasteiger partial charge in [-0.1, -0.05) is 6.07 Å². The lowest BCUT2D eigenvalue weighted by Gasteiger charge is -2.09. The summed E-state index contributed by atoms with van der Waals surface area (Å²) in [5, 5.41) is 16.6. The van der Waals surface area contributed by atoms with Crippen LogP contribution in [0.15, 0.2) is 36.0 Å². The van der Waals surface area contributed by atoms with Crippen molar-refractivity contribution >= 4 is 22.8 Å². The fourth-order valence-corrected chi connectivity index (χ4v) is 3.57. The number of hydrogen-bond donors (Lipinski definition) is 0. The number of carbonyl (C=O) groups excluding carboxylic acids is 1. The van der Waals surface area contributed by atoms with Gasteiger partial charge in [-0.2, -0.15) is 5.10 Å². The number of hydrogen-bond acceptors (Lipinski definition) is 5. The Balaban J connectivity index is 1.74. The van der Waals surface area contributed by atoms with E-state index in [1.165, 1.54) is 15.8 Å². The molecule has 0 aliphatic heterocycles. The fourth-order valence-electron chi connectivity index (χ4n) is 2.87. The summed E-state index contributed by atoms with van der Waals surface area (Å²) in [7, 11) is 0. The minimum atomic E-state index is -0.523. The molecule has 0 aliphatic rings. The van der Waals surface area contributed by atoms with Gasteiger partial charge in [-0.3, -0.25) is 19.6 Å². The summed E-state index contributed by atoms with van der Waals surface area (Å²) >= 11 is 1.73. The number of Topliss-reactive ketones (excluding diaryl/α,β-unsaturated/α-hetero) is 1. The Morgan fingerprint density at radius 1 is 1.40 bits per heavy atom. The van der Waals surface area contributed by atoms with Crippen LogP contribution < -0.4 is 0 Å². The van der Waals surface area contributed by atoms with E-state index in [9.17, 15) is 14.9 Å². The normalized spacial score (nSPS) is 11.0. The van der Waals surface area contributed by atoms with Crippen LogP contribution in [-0.2, 0) is 19.5 Å². The summed E-state index contributed by atoms with van der Waals surface area (Å²) in [5.74, 6) is -0.103. The van der Waals surface area contributed by atoms with Gasteiger partial charge in [-0.15, -0.1) is 11.3 Å². The molecule has 8 heteroatoms. The zero-order chi connectivity index (χ0) is 18.0. The van der Waals surface area contributed by atoms with E-state index in [1.54, 1.807) is 11.3 Å². The van der Waals surface area contributed by atoms with Crippen LogP contribution in [0.5, 0.6) is 0 Å². The Kier molecular flexibility index (Phi) is 4.80. The smallest absolute Gasteiger partial charge is 0.307 e. The number of ketones is 1.